The Morgan fingerprint density at radius 1 is 1.28 bits per heavy atom. The maximum atomic E-state index is 6.00. The number of H-pyrrole nitrogens is 1. The first kappa shape index (κ1) is 12.6. The average Bonchev–Trinajstić information content (AvgIpc) is 2.82. The van der Waals surface area contributed by atoms with Crippen molar-refractivity contribution in [3.63, 3.8) is 0 Å². The summed E-state index contributed by atoms with van der Waals surface area (Å²) in [5, 5.41) is 3.43. The number of nitrogens with one attached hydrogen (secondary N) is 2. The summed E-state index contributed by atoms with van der Waals surface area (Å²) in [6.07, 6.45) is 4.00. The van der Waals surface area contributed by atoms with E-state index < -0.39 is 0 Å². The maximum absolute atomic E-state index is 6.00. The van der Waals surface area contributed by atoms with Gasteiger partial charge in [-0.3, -0.25) is 0 Å². The van der Waals surface area contributed by atoms with Crippen molar-refractivity contribution in [2.24, 2.45) is 0 Å². The number of nitrogen functional groups attached to an aromatic ring is 1. The van der Waals surface area contributed by atoms with E-state index in [1.165, 1.54) is 11.1 Å². The first-order chi connectivity index (χ1) is 8.49. The molecule has 18 heavy (non-hydrogen) atoms. The second kappa shape index (κ2) is 4.77. The highest BCUT2D eigenvalue weighted by molar-refractivity contribution is 5.67. The van der Waals surface area contributed by atoms with Crippen LogP contribution >= 0.6 is 0 Å². The van der Waals surface area contributed by atoms with E-state index in [2.05, 4.69) is 36.3 Å². The third-order valence-corrected chi connectivity index (χ3v) is 3.31. The van der Waals surface area contributed by atoms with Gasteiger partial charge in [-0.2, -0.15) is 0 Å². The van der Waals surface area contributed by atoms with Crippen LogP contribution in [0.2, 0.25) is 0 Å². The van der Waals surface area contributed by atoms with Gasteiger partial charge in [-0.1, -0.05) is 19.9 Å². The minimum absolute atomic E-state index is 0.0668. The quantitative estimate of drug-likeness (QED) is 0.722. The van der Waals surface area contributed by atoms with Gasteiger partial charge in [0, 0.05) is 24.4 Å². The molecule has 0 saturated carbocycles. The molecule has 1 heterocycles. The number of rotatable bonds is 4. The van der Waals surface area contributed by atoms with Gasteiger partial charge in [0.05, 0.1) is 11.4 Å². The van der Waals surface area contributed by atoms with E-state index in [9.17, 15) is 0 Å². The Bertz CT molecular complexity index is 513. The third-order valence-electron chi connectivity index (χ3n) is 3.31. The highest BCUT2D eigenvalue weighted by Crippen LogP contribution is 2.25. The summed E-state index contributed by atoms with van der Waals surface area (Å²) in [5.74, 6) is 0. The highest BCUT2D eigenvalue weighted by Gasteiger charge is 2.20. The molecule has 2 aromatic rings. The molecule has 0 bridgehead atoms. The topological polar surface area (TPSA) is 53.8 Å². The van der Waals surface area contributed by atoms with Crippen molar-refractivity contribution in [3.05, 3.63) is 47.8 Å². The maximum Gasteiger partial charge on any atom is 0.0574 e. The van der Waals surface area contributed by atoms with Gasteiger partial charge < -0.3 is 16.0 Å². The Morgan fingerprint density at radius 3 is 2.67 bits per heavy atom. The Balaban J connectivity index is 2.07. The number of nitrogens with two attached hydrogens (primary N) is 1. The molecule has 0 spiro atoms. The van der Waals surface area contributed by atoms with Crippen molar-refractivity contribution in [1.82, 2.24) is 4.98 Å². The van der Waals surface area contributed by atoms with Crippen LogP contribution in [0.3, 0.4) is 0 Å². The summed E-state index contributed by atoms with van der Waals surface area (Å²) in [4.78, 5) is 3.10. The summed E-state index contributed by atoms with van der Waals surface area (Å²) >= 11 is 0. The Kier molecular flexibility index (Phi) is 3.32. The fraction of sp³-hybridized carbons (Fsp3) is 0.333. The molecule has 3 heteroatoms. The van der Waals surface area contributed by atoms with Gasteiger partial charge in [-0.25, -0.2) is 0 Å². The summed E-state index contributed by atoms with van der Waals surface area (Å²) < 4.78 is 0. The highest BCUT2D eigenvalue weighted by atomic mass is 14.9. The molecule has 0 aliphatic carbocycles. The molecule has 0 unspecified atom stereocenters. The van der Waals surface area contributed by atoms with Gasteiger partial charge in [-0.15, -0.1) is 0 Å². The lowest BCUT2D eigenvalue weighted by atomic mass is 9.86. The van der Waals surface area contributed by atoms with E-state index in [0.717, 1.165) is 17.9 Å². The molecular weight excluding hydrogens is 222 g/mol. The van der Waals surface area contributed by atoms with E-state index in [1.807, 2.05) is 31.5 Å². The van der Waals surface area contributed by atoms with Gasteiger partial charge in [-0.05, 0) is 36.2 Å². The number of anilines is 2. The monoisotopic (exact) mass is 243 g/mol. The van der Waals surface area contributed by atoms with Crippen LogP contribution in [0.1, 0.15) is 25.0 Å². The minimum Gasteiger partial charge on any atom is -0.397 e. The van der Waals surface area contributed by atoms with Crippen molar-refractivity contribution in [1.29, 1.82) is 0 Å². The molecule has 2 rings (SSSR count). The van der Waals surface area contributed by atoms with Crippen molar-refractivity contribution in [2.75, 3.05) is 17.6 Å². The van der Waals surface area contributed by atoms with Crippen LogP contribution < -0.4 is 11.1 Å². The molecule has 0 aliphatic rings. The van der Waals surface area contributed by atoms with Gasteiger partial charge >= 0.3 is 0 Å². The lowest BCUT2D eigenvalue weighted by Crippen LogP contribution is -2.27. The van der Waals surface area contributed by atoms with Crippen LogP contribution in [0.5, 0.6) is 0 Å². The zero-order valence-electron chi connectivity index (χ0n) is 11.2. The van der Waals surface area contributed by atoms with Crippen LogP contribution in [0.4, 0.5) is 11.4 Å². The molecule has 0 atom stereocenters. The number of aryl methyl sites for hydroxylation is 1. The summed E-state index contributed by atoms with van der Waals surface area (Å²) in [6, 6.07) is 8.21. The number of hydrogen-bond acceptors (Lipinski definition) is 2. The van der Waals surface area contributed by atoms with Crippen molar-refractivity contribution >= 4 is 11.4 Å². The molecular formula is C15H21N3. The summed E-state index contributed by atoms with van der Waals surface area (Å²) in [5.41, 5.74) is 10.4. The predicted molar refractivity (Wildman–Crippen MR) is 77.9 cm³/mol. The number of hydrogen-bond donors (Lipinski definition) is 3. The van der Waals surface area contributed by atoms with E-state index in [-0.39, 0.29) is 5.41 Å². The van der Waals surface area contributed by atoms with Crippen LogP contribution in [0.25, 0.3) is 0 Å². The van der Waals surface area contributed by atoms with E-state index in [4.69, 9.17) is 5.73 Å². The first-order valence-corrected chi connectivity index (χ1v) is 6.22. The van der Waals surface area contributed by atoms with Crippen LogP contribution in [-0.2, 0) is 5.41 Å². The van der Waals surface area contributed by atoms with Gasteiger partial charge in [0.25, 0.3) is 0 Å². The fourth-order valence-electron chi connectivity index (χ4n) is 2.01. The molecule has 0 fully saturated rings. The van der Waals surface area contributed by atoms with Crippen molar-refractivity contribution < 1.29 is 0 Å². The minimum atomic E-state index is 0.0668. The van der Waals surface area contributed by atoms with Gasteiger partial charge in [0.1, 0.15) is 0 Å². The molecule has 1 aromatic carbocycles. The molecule has 4 N–H and O–H groups in total. The fourth-order valence-corrected chi connectivity index (χ4v) is 2.01. The lowest BCUT2D eigenvalue weighted by molar-refractivity contribution is 0.558. The third kappa shape index (κ3) is 2.67. The molecule has 0 saturated heterocycles. The van der Waals surface area contributed by atoms with Crippen LogP contribution in [-0.4, -0.2) is 11.5 Å². The van der Waals surface area contributed by atoms with Crippen molar-refractivity contribution in [2.45, 2.75) is 26.2 Å². The van der Waals surface area contributed by atoms with Crippen LogP contribution in [0, 0.1) is 6.92 Å². The Morgan fingerprint density at radius 2 is 2.06 bits per heavy atom. The predicted octanol–water partition coefficient (Wildman–Crippen LogP) is 3.30. The largest absolute Gasteiger partial charge is 0.397 e. The normalized spacial score (nSPS) is 11.5. The Labute approximate surface area is 108 Å². The number of aromatic nitrogens is 1. The zero-order chi connectivity index (χ0) is 13.2. The number of benzene rings is 1. The second-order valence-corrected chi connectivity index (χ2v) is 5.43. The molecule has 96 valence electrons. The molecule has 0 aliphatic heterocycles. The molecule has 0 amide bonds. The smallest absolute Gasteiger partial charge is 0.0574 e. The van der Waals surface area contributed by atoms with Crippen molar-refractivity contribution in [3.8, 4) is 0 Å². The molecule has 3 nitrogen and oxygen atoms in total. The zero-order valence-corrected chi connectivity index (χ0v) is 11.2. The Hall–Kier alpha value is -1.90. The van der Waals surface area contributed by atoms with E-state index in [0.29, 0.717) is 0 Å². The van der Waals surface area contributed by atoms with E-state index >= 15 is 0 Å². The summed E-state index contributed by atoms with van der Waals surface area (Å²) in [6.45, 7) is 7.32. The summed E-state index contributed by atoms with van der Waals surface area (Å²) in [7, 11) is 0. The van der Waals surface area contributed by atoms with Crippen LogP contribution in [0.15, 0.2) is 36.7 Å². The second-order valence-electron chi connectivity index (χ2n) is 5.43. The first-order valence-electron chi connectivity index (χ1n) is 6.22. The SMILES string of the molecule is Cc1ccc(NCC(C)(C)c2cc[nH]c2)c(N)c1. The van der Waals surface area contributed by atoms with E-state index in [1.54, 1.807) is 0 Å². The average molecular weight is 243 g/mol. The molecule has 1 aromatic heterocycles. The lowest BCUT2D eigenvalue weighted by Gasteiger charge is -2.25. The standard InChI is InChI=1S/C15H21N3/c1-11-4-5-14(13(16)8-11)18-10-15(2,3)12-6-7-17-9-12/h4-9,17-18H,10,16H2,1-3H3. The number of aromatic amines is 1. The van der Waals surface area contributed by atoms with Gasteiger partial charge in [0.15, 0.2) is 0 Å². The van der Waals surface area contributed by atoms with Gasteiger partial charge in [0.2, 0.25) is 0 Å². The molecule has 0 radical (unpaired) electrons.